The zero-order chi connectivity index (χ0) is 14.9. The van der Waals surface area contributed by atoms with Crippen molar-refractivity contribution in [2.24, 2.45) is 0 Å². The largest absolute Gasteiger partial charge is 0.479 e. The summed E-state index contributed by atoms with van der Waals surface area (Å²) in [6.45, 7) is 1.90. The van der Waals surface area contributed by atoms with E-state index in [2.05, 4.69) is 0 Å². The van der Waals surface area contributed by atoms with Crippen molar-refractivity contribution >= 4 is 11.9 Å². The van der Waals surface area contributed by atoms with Gasteiger partial charge in [-0.1, -0.05) is 0 Å². The fraction of sp³-hybridized carbons (Fsp3) is 0.429. The molecular weight excluding hydrogens is 265 g/mol. The van der Waals surface area contributed by atoms with E-state index in [0.717, 1.165) is 0 Å². The molecule has 1 aliphatic heterocycles. The molecule has 0 aliphatic carbocycles. The molecular formula is C14H16FNO4. The number of carboxylic acid groups (broad SMARTS) is 1. The lowest BCUT2D eigenvalue weighted by Gasteiger charge is -2.35. The van der Waals surface area contributed by atoms with Crippen molar-refractivity contribution in [1.82, 2.24) is 4.90 Å². The zero-order valence-electron chi connectivity index (χ0n) is 11.1. The van der Waals surface area contributed by atoms with Gasteiger partial charge in [0, 0.05) is 31.5 Å². The minimum absolute atomic E-state index is 0.00570. The highest BCUT2D eigenvalue weighted by atomic mass is 19.1. The molecule has 0 bridgehead atoms. The van der Waals surface area contributed by atoms with Crippen molar-refractivity contribution in [3.63, 3.8) is 0 Å². The number of carbonyl (C=O) groups excluding carboxylic acids is 1. The Morgan fingerprint density at radius 3 is 2.40 bits per heavy atom. The second-order valence-electron chi connectivity index (χ2n) is 5.09. The van der Waals surface area contributed by atoms with Crippen molar-refractivity contribution in [2.75, 3.05) is 13.1 Å². The van der Waals surface area contributed by atoms with E-state index in [4.69, 9.17) is 5.11 Å². The molecule has 1 aromatic rings. The molecule has 1 fully saturated rings. The topological polar surface area (TPSA) is 77.8 Å². The van der Waals surface area contributed by atoms with E-state index in [1.807, 2.05) is 0 Å². The van der Waals surface area contributed by atoms with E-state index in [0.29, 0.717) is 11.1 Å². The summed E-state index contributed by atoms with van der Waals surface area (Å²) in [4.78, 5) is 24.6. The molecule has 0 unspecified atom stereocenters. The Kier molecular flexibility index (Phi) is 3.76. The van der Waals surface area contributed by atoms with E-state index in [-0.39, 0.29) is 37.7 Å². The number of rotatable bonds is 2. The van der Waals surface area contributed by atoms with Gasteiger partial charge in [-0.05, 0) is 30.7 Å². The first kappa shape index (κ1) is 14.5. The molecule has 0 aromatic heterocycles. The summed E-state index contributed by atoms with van der Waals surface area (Å²) in [5.74, 6) is -1.91. The van der Waals surface area contributed by atoms with Crippen molar-refractivity contribution in [1.29, 1.82) is 0 Å². The van der Waals surface area contributed by atoms with Crippen LogP contribution in [0.4, 0.5) is 4.39 Å². The number of amides is 1. The Labute approximate surface area is 115 Å². The third-order valence-corrected chi connectivity index (χ3v) is 3.68. The van der Waals surface area contributed by atoms with Crippen molar-refractivity contribution < 1.29 is 24.2 Å². The Bertz CT molecular complexity index is 550. The van der Waals surface area contributed by atoms with Gasteiger partial charge < -0.3 is 15.1 Å². The molecule has 0 saturated carbocycles. The number of halogens is 1. The van der Waals surface area contributed by atoms with Gasteiger partial charge in [0.25, 0.3) is 5.91 Å². The maximum Gasteiger partial charge on any atom is 0.335 e. The molecule has 1 aromatic carbocycles. The Morgan fingerprint density at radius 1 is 1.30 bits per heavy atom. The molecule has 1 heterocycles. The average Bonchev–Trinajstić information content (AvgIpc) is 2.42. The standard InChI is InChI=1S/C14H16FNO4/c1-9-8-10(2-3-11(9)15)12(17)16-6-4-14(20,5-7-16)13(18)19/h2-3,8,20H,4-7H2,1H3,(H,18,19). The van der Waals surface area contributed by atoms with Crippen LogP contribution in [0.2, 0.25) is 0 Å². The van der Waals surface area contributed by atoms with Crippen LogP contribution < -0.4 is 0 Å². The summed E-state index contributed by atoms with van der Waals surface area (Å²) in [6.07, 6.45) is -0.0114. The van der Waals surface area contributed by atoms with Crippen LogP contribution >= 0.6 is 0 Å². The monoisotopic (exact) mass is 281 g/mol. The molecule has 5 nitrogen and oxygen atoms in total. The van der Waals surface area contributed by atoms with Crippen LogP contribution in [0, 0.1) is 12.7 Å². The second kappa shape index (κ2) is 5.20. The molecule has 1 aliphatic rings. The highest BCUT2D eigenvalue weighted by molar-refractivity contribution is 5.94. The molecule has 0 spiro atoms. The van der Waals surface area contributed by atoms with Crippen LogP contribution in [0.1, 0.15) is 28.8 Å². The second-order valence-corrected chi connectivity index (χ2v) is 5.09. The zero-order valence-corrected chi connectivity index (χ0v) is 11.1. The summed E-state index contributed by atoms with van der Waals surface area (Å²) in [5, 5.41) is 18.7. The summed E-state index contributed by atoms with van der Waals surface area (Å²) in [5.41, 5.74) is -1.00. The Balaban J connectivity index is 2.08. The number of aliphatic carboxylic acids is 1. The summed E-state index contributed by atoms with van der Waals surface area (Å²) < 4.78 is 13.2. The van der Waals surface area contributed by atoms with Crippen LogP contribution in [-0.2, 0) is 4.79 Å². The quantitative estimate of drug-likeness (QED) is 0.853. The summed E-state index contributed by atoms with van der Waals surface area (Å²) in [6, 6.07) is 4.11. The number of carbonyl (C=O) groups is 2. The van der Waals surface area contributed by atoms with Crippen LogP contribution in [-0.4, -0.2) is 45.7 Å². The SMILES string of the molecule is Cc1cc(C(=O)N2CCC(O)(C(=O)O)CC2)ccc1F. The molecule has 0 atom stereocenters. The van der Waals surface area contributed by atoms with Gasteiger partial charge in [-0.25, -0.2) is 9.18 Å². The Morgan fingerprint density at radius 2 is 1.90 bits per heavy atom. The number of nitrogens with zero attached hydrogens (tertiary/aromatic N) is 1. The number of benzene rings is 1. The molecule has 20 heavy (non-hydrogen) atoms. The normalized spacial score (nSPS) is 17.9. The van der Waals surface area contributed by atoms with Crippen molar-refractivity contribution in [3.05, 3.63) is 35.1 Å². The first-order valence-electron chi connectivity index (χ1n) is 6.35. The summed E-state index contributed by atoms with van der Waals surface area (Å²) in [7, 11) is 0. The predicted octanol–water partition coefficient (Wildman–Crippen LogP) is 1.19. The molecule has 108 valence electrons. The van der Waals surface area contributed by atoms with Crippen molar-refractivity contribution in [3.8, 4) is 0 Å². The fourth-order valence-electron chi connectivity index (χ4n) is 2.25. The lowest BCUT2D eigenvalue weighted by atomic mass is 9.91. The fourth-order valence-corrected chi connectivity index (χ4v) is 2.25. The number of hydrogen-bond donors (Lipinski definition) is 2. The maximum atomic E-state index is 13.2. The van der Waals surface area contributed by atoms with Crippen molar-refractivity contribution in [2.45, 2.75) is 25.4 Å². The highest BCUT2D eigenvalue weighted by Crippen LogP contribution is 2.24. The minimum Gasteiger partial charge on any atom is -0.479 e. The summed E-state index contributed by atoms with van der Waals surface area (Å²) >= 11 is 0. The third kappa shape index (κ3) is 2.65. The number of likely N-dealkylation sites (tertiary alicyclic amines) is 1. The van der Waals surface area contributed by atoms with Gasteiger partial charge in [-0.3, -0.25) is 4.79 Å². The maximum absolute atomic E-state index is 13.2. The molecule has 0 radical (unpaired) electrons. The number of piperidine rings is 1. The lowest BCUT2D eigenvalue weighted by Crippen LogP contribution is -2.50. The Hall–Kier alpha value is -1.95. The van der Waals surface area contributed by atoms with Gasteiger partial charge in [0.05, 0.1) is 0 Å². The van der Waals surface area contributed by atoms with Gasteiger partial charge in [-0.2, -0.15) is 0 Å². The number of carboxylic acids is 1. The molecule has 1 amide bonds. The molecule has 1 saturated heterocycles. The van der Waals surface area contributed by atoms with Gasteiger partial charge in [-0.15, -0.1) is 0 Å². The first-order valence-corrected chi connectivity index (χ1v) is 6.35. The van der Waals surface area contributed by atoms with Crippen LogP contribution in [0.3, 0.4) is 0 Å². The van der Waals surface area contributed by atoms with Gasteiger partial charge in [0.15, 0.2) is 5.60 Å². The van der Waals surface area contributed by atoms with E-state index in [1.54, 1.807) is 6.92 Å². The lowest BCUT2D eigenvalue weighted by molar-refractivity contribution is -0.162. The number of hydrogen-bond acceptors (Lipinski definition) is 3. The van der Waals surface area contributed by atoms with Gasteiger partial charge in [0.2, 0.25) is 0 Å². The average molecular weight is 281 g/mol. The van der Waals surface area contributed by atoms with E-state index in [1.165, 1.54) is 23.1 Å². The van der Waals surface area contributed by atoms with E-state index < -0.39 is 11.6 Å². The van der Waals surface area contributed by atoms with E-state index >= 15 is 0 Å². The van der Waals surface area contributed by atoms with Crippen LogP contribution in [0.15, 0.2) is 18.2 Å². The smallest absolute Gasteiger partial charge is 0.335 e. The first-order chi connectivity index (χ1) is 9.33. The predicted molar refractivity (Wildman–Crippen MR) is 68.9 cm³/mol. The van der Waals surface area contributed by atoms with Crippen LogP contribution in [0.5, 0.6) is 0 Å². The minimum atomic E-state index is -1.75. The van der Waals surface area contributed by atoms with Gasteiger partial charge in [0.1, 0.15) is 5.82 Å². The number of aliphatic hydroxyl groups is 1. The third-order valence-electron chi connectivity index (χ3n) is 3.68. The number of aryl methyl sites for hydroxylation is 1. The van der Waals surface area contributed by atoms with Crippen LogP contribution in [0.25, 0.3) is 0 Å². The highest BCUT2D eigenvalue weighted by Gasteiger charge is 2.40. The van der Waals surface area contributed by atoms with E-state index in [9.17, 15) is 19.1 Å². The van der Waals surface area contributed by atoms with Gasteiger partial charge >= 0.3 is 5.97 Å². The molecule has 6 heteroatoms. The molecule has 2 N–H and O–H groups in total. The molecule has 2 rings (SSSR count).